The van der Waals surface area contributed by atoms with Crippen LogP contribution in [0.3, 0.4) is 0 Å². The quantitative estimate of drug-likeness (QED) is 0.341. The standard InChI is InChI=1S/C21H15N5S/c1-2-8-15(9-3-1)26-21(23-24-25-26)27-14-20-18-12-5-4-10-16(18)17-11-6-7-13-19(17)22-20/h1-13H,14H2. The summed E-state index contributed by atoms with van der Waals surface area (Å²) in [5, 5.41) is 16.5. The summed E-state index contributed by atoms with van der Waals surface area (Å²) < 4.78 is 1.76. The maximum Gasteiger partial charge on any atom is 0.214 e. The van der Waals surface area contributed by atoms with Gasteiger partial charge in [-0.1, -0.05) is 72.4 Å². The minimum absolute atomic E-state index is 0.693. The van der Waals surface area contributed by atoms with Crippen LogP contribution in [0.25, 0.3) is 27.4 Å². The van der Waals surface area contributed by atoms with E-state index < -0.39 is 0 Å². The van der Waals surface area contributed by atoms with E-state index in [1.54, 1.807) is 16.4 Å². The minimum atomic E-state index is 0.693. The fraction of sp³-hybridized carbons (Fsp3) is 0.0476. The van der Waals surface area contributed by atoms with Gasteiger partial charge in [0.25, 0.3) is 0 Å². The Balaban J connectivity index is 1.54. The Hall–Kier alpha value is -3.25. The number of para-hydroxylation sites is 2. The van der Waals surface area contributed by atoms with Crippen LogP contribution in [0.4, 0.5) is 0 Å². The van der Waals surface area contributed by atoms with Crippen molar-refractivity contribution in [3.63, 3.8) is 0 Å². The molecule has 2 heterocycles. The average Bonchev–Trinajstić information content (AvgIpc) is 3.21. The normalized spacial score (nSPS) is 11.3. The van der Waals surface area contributed by atoms with Gasteiger partial charge in [0, 0.05) is 16.5 Å². The highest BCUT2D eigenvalue weighted by Crippen LogP contribution is 2.30. The van der Waals surface area contributed by atoms with Gasteiger partial charge in [-0.2, -0.15) is 4.68 Å². The first kappa shape index (κ1) is 16.0. The molecule has 3 aromatic carbocycles. The van der Waals surface area contributed by atoms with Crippen LogP contribution in [0.15, 0.2) is 84.0 Å². The smallest absolute Gasteiger partial charge is 0.214 e. The summed E-state index contributed by atoms with van der Waals surface area (Å²) in [6.45, 7) is 0. The summed E-state index contributed by atoms with van der Waals surface area (Å²) in [7, 11) is 0. The van der Waals surface area contributed by atoms with Crippen molar-refractivity contribution in [2.45, 2.75) is 10.9 Å². The summed E-state index contributed by atoms with van der Waals surface area (Å²) >= 11 is 1.59. The van der Waals surface area contributed by atoms with Gasteiger partial charge < -0.3 is 0 Å². The van der Waals surface area contributed by atoms with Crippen molar-refractivity contribution in [2.75, 3.05) is 0 Å². The van der Waals surface area contributed by atoms with E-state index in [1.807, 2.05) is 36.4 Å². The van der Waals surface area contributed by atoms with E-state index in [2.05, 4.69) is 58.0 Å². The summed E-state index contributed by atoms with van der Waals surface area (Å²) in [5.74, 6) is 0.693. The molecule has 0 spiro atoms. The molecule has 5 nitrogen and oxygen atoms in total. The molecule has 0 saturated carbocycles. The first-order chi connectivity index (χ1) is 13.4. The van der Waals surface area contributed by atoms with E-state index >= 15 is 0 Å². The topological polar surface area (TPSA) is 56.5 Å². The zero-order valence-corrected chi connectivity index (χ0v) is 15.2. The number of pyridine rings is 1. The molecule has 2 aromatic heterocycles. The molecule has 0 aliphatic rings. The Morgan fingerprint density at radius 2 is 1.44 bits per heavy atom. The Labute approximate surface area is 160 Å². The van der Waals surface area contributed by atoms with Gasteiger partial charge in [0.15, 0.2) is 0 Å². The van der Waals surface area contributed by atoms with Crippen molar-refractivity contribution in [1.29, 1.82) is 0 Å². The number of rotatable bonds is 4. The van der Waals surface area contributed by atoms with Gasteiger partial charge in [-0.3, -0.25) is 4.98 Å². The molecule has 5 aromatic rings. The molecule has 0 radical (unpaired) electrons. The third-order valence-corrected chi connectivity index (χ3v) is 5.40. The van der Waals surface area contributed by atoms with Crippen molar-refractivity contribution in [1.82, 2.24) is 25.2 Å². The largest absolute Gasteiger partial charge is 0.251 e. The zero-order chi connectivity index (χ0) is 18.1. The predicted molar refractivity (Wildman–Crippen MR) is 108 cm³/mol. The van der Waals surface area contributed by atoms with Gasteiger partial charge in [0.1, 0.15) is 0 Å². The predicted octanol–water partition coefficient (Wildman–Crippen LogP) is 4.66. The molecule has 0 bridgehead atoms. The molecule has 0 unspecified atom stereocenters. The number of hydrogen-bond acceptors (Lipinski definition) is 5. The number of aromatic nitrogens is 5. The maximum atomic E-state index is 4.91. The van der Waals surface area contributed by atoms with Crippen LogP contribution in [0, 0.1) is 0 Å². The SMILES string of the molecule is c1ccc(-n2nnnc2SCc2nc3ccccc3c3ccccc23)cc1. The Morgan fingerprint density at radius 1 is 0.741 bits per heavy atom. The Kier molecular flexibility index (Phi) is 4.03. The van der Waals surface area contributed by atoms with E-state index in [0.29, 0.717) is 5.75 Å². The second kappa shape index (κ2) is 6.81. The van der Waals surface area contributed by atoms with Crippen LogP contribution in [0.5, 0.6) is 0 Å². The first-order valence-electron chi connectivity index (χ1n) is 8.63. The monoisotopic (exact) mass is 369 g/mol. The van der Waals surface area contributed by atoms with E-state index in [0.717, 1.165) is 22.1 Å². The third-order valence-electron chi connectivity index (χ3n) is 4.47. The molecule has 0 aliphatic carbocycles. The second-order valence-electron chi connectivity index (χ2n) is 6.12. The molecule has 27 heavy (non-hydrogen) atoms. The number of benzene rings is 3. The van der Waals surface area contributed by atoms with Gasteiger partial charge in [-0.15, -0.1) is 5.10 Å². The molecular formula is C21H15N5S. The summed E-state index contributed by atoms with van der Waals surface area (Å²) in [6, 6.07) is 26.6. The van der Waals surface area contributed by atoms with Crippen LogP contribution in [0.2, 0.25) is 0 Å². The zero-order valence-electron chi connectivity index (χ0n) is 14.4. The van der Waals surface area contributed by atoms with Gasteiger partial charge >= 0.3 is 0 Å². The molecule has 0 saturated heterocycles. The number of fused-ring (bicyclic) bond motifs is 3. The molecule has 0 amide bonds. The molecule has 6 heteroatoms. The number of thioether (sulfide) groups is 1. The van der Waals surface area contributed by atoms with Crippen molar-refractivity contribution in [3.8, 4) is 5.69 Å². The fourth-order valence-electron chi connectivity index (χ4n) is 3.22. The van der Waals surface area contributed by atoms with E-state index in [9.17, 15) is 0 Å². The van der Waals surface area contributed by atoms with Crippen LogP contribution in [0.1, 0.15) is 5.69 Å². The van der Waals surface area contributed by atoms with Gasteiger partial charge in [-0.25, -0.2) is 0 Å². The second-order valence-corrected chi connectivity index (χ2v) is 7.06. The third kappa shape index (κ3) is 2.94. The van der Waals surface area contributed by atoms with Gasteiger partial charge in [0.2, 0.25) is 5.16 Å². The number of tetrazole rings is 1. The molecular weight excluding hydrogens is 354 g/mol. The molecule has 130 valence electrons. The van der Waals surface area contributed by atoms with Gasteiger partial charge in [-0.05, 0) is 34.0 Å². The van der Waals surface area contributed by atoms with Crippen LogP contribution < -0.4 is 0 Å². The summed E-state index contributed by atoms with van der Waals surface area (Å²) in [5.41, 5.74) is 2.99. The molecule has 0 atom stereocenters. The lowest BCUT2D eigenvalue weighted by molar-refractivity contribution is 0.756. The van der Waals surface area contributed by atoms with Crippen LogP contribution in [-0.4, -0.2) is 25.2 Å². The van der Waals surface area contributed by atoms with E-state index in [-0.39, 0.29) is 0 Å². The highest BCUT2D eigenvalue weighted by Gasteiger charge is 2.12. The lowest BCUT2D eigenvalue weighted by atomic mass is 10.0. The Bertz CT molecular complexity index is 1230. The number of hydrogen-bond donors (Lipinski definition) is 0. The Morgan fingerprint density at radius 3 is 2.30 bits per heavy atom. The van der Waals surface area contributed by atoms with Crippen molar-refractivity contribution < 1.29 is 0 Å². The van der Waals surface area contributed by atoms with Crippen molar-refractivity contribution in [2.24, 2.45) is 0 Å². The van der Waals surface area contributed by atoms with Gasteiger partial charge in [0.05, 0.1) is 16.9 Å². The first-order valence-corrected chi connectivity index (χ1v) is 9.62. The molecule has 0 N–H and O–H groups in total. The van der Waals surface area contributed by atoms with Crippen LogP contribution >= 0.6 is 11.8 Å². The lowest BCUT2D eigenvalue weighted by Crippen LogP contribution is -1.99. The summed E-state index contributed by atoms with van der Waals surface area (Å²) in [4.78, 5) is 4.91. The van der Waals surface area contributed by atoms with Crippen LogP contribution in [-0.2, 0) is 5.75 Å². The van der Waals surface area contributed by atoms with Crippen molar-refractivity contribution in [3.05, 3.63) is 84.6 Å². The fourth-order valence-corrected chi connectivity index (χ4v) is 4.06. The molecule has 0 aliphatic heterocycles. The highest BCUT2D eigenvalue weighted by atomic mass is 32.2. The highest BCUT2D eigenvalue weighted by molar-refractivity contribution is 7.98. The average molecular weight is 369 g/mol. The number of nitrogens with zero attached hydrogens (tertiary/aromatic N) is 5. The van der Waals surface area contributed by atoms with E-state index in [4.69, 9.17) is 4.98 Å². The van der Waals surface area contributed by atoms with Crippen molar-refractivity contribution >= 4 is 33.4 Å². The molecule has 5 rings (SSSR count). The maximum absolute atomic E-state index is 4.91. The minimum Gasteiger partial charge on any atom is -0.251 e. The molecule has 0 fully saturated rings. The summed E-state index contributed by atoms with van der Waals surface area (Å²) in [6.07, 6.45) is 0. The lowest BCUT2D eigenvalue weighted by Gasteiger charge is -2.09. The van der Waals surface area contributed by atoms with E-state index in [1.165, 1.54) is 16.2 Å².